The molecule has 0 atom stereocenters. The third kappa shape index (κ3) is 1.84. The maximum Gasteiger partial charge on any atom is 0.236 e. The largest absolute Gasteiger partial charge is 0.396 e. The Hall–Kier alpha value is -0.610. The van der Waals surface area contributed by atoms with Crippen LogP contribution in [0, 0.1) is 5.92 Å². The van der Waals surface area contributed by atoms with Gasteiger partial charge in [-0.2, -0.15) is 0 Å². The maximum absolute atomic E-state index is 11.4. The number of hydrogen-bond acceptors (Lipinski definition) is 3. The second-order valence-corrected chi connectivity index (χ2v) is 3.98. The Morgan fingerprint density at radius 2 is 2.08 bits per heavy atom. The minimum atomic E-state index is 0.252. The number of likely N-dealkylation sites (tertiary alicyclic amines) is 2. The lowest BCUT2D eigenvalue weighted by molar-refractivity contribution is -0.137. The SMILES string of the molecule is O=C(CN1CC(CO)C1)N1CCC1. The highest BCUT2D eigenvalue weighted by Crippen LogP contribution is 2.15. The van der Waals surface area contributed by atoms with Crippen molar-refractivity contribution in [2.24, 2.45) is 5.92 Å². The first kappa shape index (κ1) is 8.97. The molecule has 2 rings (SSSR count). The number of aliphatic hydroxyl groups excluding tert-OH is 1. The van der Waals surface area contributed by atoms with Crippen LogP contribution < -0.4 is 0 Å². The quantitative estimate of drug-likeness (QED) is 0.621. The van der Waals surface area contributed by atoms with Gasteiger partial charge in [0.15, 0.2) is 0 Å². The lowest BCUT2D eigenvalue weighted by atomic mass is 10.0. The molecule has 1 N–H and O–H groups in total. The fourth-order valence-corrected chi connectivity index (χ4v) is 1.78. The normalized spacial score (nSPS) is 23.9. The number of carbonyl (C=O) groups excluding carboxylic acids is 1. The van der Waals surface area contributed by atoms with E-state index in [2.05, 4.69) is 4.90 Å². The predicted octanol–water partition coefficient (Wildman–Crippen LogP) is -0.857. The molecule has 0 aromatic rings. The van der Waals surface area contributed by atoms with E-state index in [0.29, 0.717) is 12.5 Å². The summed E-state index contributed by atoms with van der Waals surface area (Å²) in [6, 6.07) is 0. The molecule has 0 unspecified atom stereocenters. The highest BCUT2D eigenvalue weighted by atomic mass is 16.3. The maximum atomic E-state index is 11.4. The fraction of sp³-hybridized carbons (Fsp3) is 0.889. The van der Waals surface area contributed by atoms with E-state index in [1.807, 2.05) is 4.90 Å². The van der Waals surface area contributed by atoms with Crippen molar-refractivity contribution in [3.8, 4) is 0 Å². The monoisotopic (exact) mass is 184 g/mol. The van der Waals surface area contributed by atoms with Crippen LogP contribution in [0.25, 0.3) is 0 Å². The Kier molecular flexibility index (Phi) is 2.51. The van der Waals surface area contributed by atoms with Crippen molar-refractivity contribution in [3.63, 3.8) is 0 Å². The van der Waals surface area contributed by atoms with E-state index in [1.54, 1.807) is 0 Å². The van der Waals surface area contributed by atoms with E-state index in [4.69, 9.17) is 5.11 Å². The molecule has 0 radical (unpaired) electrons. The first-order valence-electron chi connectivity index (χ1n) is 4.90. The zero-order valence-electron chi connectivity index (χ0n) is 7.78. The van der Waals surface area contributed by atoms with E-state index in [9.17, 15) is 4.79 Å². The summed E-state index contributed by atoms with van der Waals surface area (Å²) >= 11 is 0. The Labute approximate surface area is 78.1 Å². The molecule has 0 saturated carbocycles. The summed E-state index contributed by atoms with van der Waals surface area (Å²) in [5.41, 5.74) is 0. The molecular weight excluding hydrogens is 168 g/mol. The van der Waals surface area contributed by atoms with Gasteiger partial charge in [-0.3, -0.25) is 9.69 Å². The molecule has 1 amide bonds. The van der Waals surface area contributed by atoms with Crippen molar-refractivity contribution in [1.29, 1.82) is 0 Å². The van der Waals surface area contributed by atoms with Crippen LogP contribution in [-0.4, -0.2) is 60.1 Å². The van der Waals surface area contributed by atoms with Crippen LogP contribution >= 0.6 is 0 Å². The van der Waals surface area contributed by atoms with Gasteiger partial charge < -0.3 is 10.0 Å². The Morgan fingerprint density at radius 1 is 1.38 bits per heavy atom. The summed E-state index contributed by atoms with van der Waals surface area (Å²) in [6.07, 6.45) is 1.16. The van der Waals surface area contributed by atoms with E-state index in [1.165, 1.54) is 0 Å². The number of aliphatic hydroxyl groups is 1. The lowest BCUT2D eigenvalue weighted by Crippen LogP contribution is -2.54. The second-order valence-electron chi connectivity index (χ2n) is 3.98. The smallest absolute Gasteiger partial charge is 0.236 e. The van der Waals surface area contributed by atoms with E-state index in [0.717, 1.165) is 32.6 Å². The average molecular weight is 184 g/mol. The summed E-state index contributed by atoms with van der Waals surface area (Å²) in [6.45, 7) is 4.46. The van der Waals surface area contributed by atoms with E-state index >= 15 is 0 Å². The molecule has 0 aliphatic carbocycles. The Bertz CT molecular complexity index is 198. The Balaban J connectivity index is 1.65. The van der Waals surface area contributed by atoms with Crippen molar-refractivity contribution in [2.45, 2.75) is 6.42 Å². The number of rotatable bonds is 3. The van der Waals surface area contributed by atoms with Crippen LogP contribution in [0.1, 0.15) is 6.42 Å². The minimum absolute atomic E-state index is 0.252. The molecule has 4 heteroatoms. The number of nitrogens with zero attached hydrogens (tertiary/aromatic N) is 2. The zero-order chi connectivity index (χ0) is 9.26. The molecule has 0 aromatic carbocycles. The van der Waals surface area contributed by atoms with Gasteiger partial charge in [0.05, 0.1) is 6.54 Å². The second kappa shape index (κ2) is 3.64. The van der Waals surface area contributed by atoms with E-state index < -0.39 is 0 Å². The molecule has 13 heavy (non-hydrogen) atoms. The van der Waals surface area contributed by atoms with Gasteiger partial charge in [0.25, 0.3) is 0 Å². The summed E-state index contributed by atoms with van der Waals surface area (Å²) in [5.74, 6) is 0.659. The van der Waals surface area contributed by atoms with Crippen LogP contribution in [0.5, 0.6) is 0 Å². The molecule has 2 aliphatic heterocycles. The van der Waals surface area contributed by atoms with Gasteiger partial charge in [-0.25, -0.2) is 0 Å². The van der Waals surface area contributed by atoms with Crippen LogP contribution in [0.2, 0.25) is 0 Å². The molecule has 0 bridgehead atoms. The van der Waals surface area contributed by atoms with Gasteiger partial charge in [-0.15, -0.1) is 0 Å². The Morgan fingerprint density at radius 3 is 2.54 bits per heavy atom. The van der Waals surface area contributed by atoms with Gasteiger partial charge in [0, 0.05) is 38.7 Å². The third-order valence-corrected chi connectivity index (χ3v) is 2.86. The topological polar surface area (TPSA) is 43.8 Å². The van der Waals surface area contributed by atoms with Gasteiger partial charge in [0.1, 0.15) is 0 Å². The van der Waals surface area contributed by atoms with Gasteiger partial charge in [0.2, 0.25) is 5.91 Å². The third-order valence-electron chi connectivity index (χ3n) is 2.86. The van der Waals surface area contributed by atoms with Crippen LogP contribution in [-0.2, 0) is 4.79 Å². The standard InChI is InChI=1S/C9H16N2O2/c12-7-8-4-10(5-8)6-9(13)11-2-1-3-11/h8,12H,1-7H2. The molecule has 2 aliphatic rings. The molecule has 0 spiro atoms. The van der Waals surface area contributed by atoms with Crippen LogP contribution in [0.15, 0.2) is 0 Å². The number of hydrogen-bond donors (Lipinski definition) is 1. The van der Waals surface area contributed by atoms with Gasteiger partial charge in [-0.05, 0) is 6.42 Å². The highest BCUT2D eigenvalue weighted by molar-refractivity contribution is 5.79. The average Bonchev–Trinajstić information content (AvgIpc) is 1.92. The molecule has 2 heterocycles. The summed E-state index contributed by atoms with van der Waals surface area (Å²) in [7, 11) is 0. The summed E-state index contributed by atoms with van der Waals surface area (Å²) < 4.78 is 0. The molecule has 74 valence electrons. The zero-order valence-corrected chi connectivity index (χ0v) is 7.78. The fourth-order valence-electron chi connectivity index (χ4n) is 1.78. The minimum Gasteiger partial charge on any atom is -0.396 e. The van der Waals surface area contributed by atoms with Crippen molar-refractivity contribution in [2.75, 3.05) is 39.3 Å². The van der Waals surface area contributed by atoms with Crippen molar-refractivity contribution < 1.29 is 9.90 Å². The first-order valence-corrected chi connectivity index (χ1v) is 4.90. The summed E-state index contributed by atoms with van der Waals surface area (Å²) in [4.78, 5) is 15.4. The molecular formula is C9H16N2O2. The number of carbonyl (C=O) groups is 1. The van der Waals surface area contributed by atoms with Crippen molar-refractivity contribution >= 4 is 5.91 Å². The molecule has 0 aromatic heterocycles. The van der Waals surface area contributed by atoms with Crippen molar-refractivity contribution in [1.82, 2.24) is 9.80 Å². The summed E-state index contributed by atoms with van der Waals surface area (Å²) in [5, 5.41) is 8.78. The number of amides is 1. The van der Waals surface area contributed by atoms with E-state index in [-0.39, 0.29) is 12.5 Å². The predicted molar refractivity (Wildman–Crippen MR) is 48.2 cm³/mol. The lowest BCUT2D eigenvalue weighted by Gasteiger charge is -2.40. The molecule has 2 fully saturated rings. The van der Waals surface area contributed by atoms with Crippen LogP contribution in [0.3, 0.4) is 0 Å². The van der Waals surface area contributed by atoms with Gasteiger partial charge in [-0.1, -0.05) is 0 Å². The van der Waals surface area contributed by atoms with Gasteiger partial charge >= 0.3 is 0 Å². The van der Waals surface area contributed by atoms with Crippen molar-refractivity contribution in [3.05, 3.63) is 0 Å². The molecule has 2 saturated heterocycles. The first-order chi connectivity index (χ1) is 6.29. The highest BCUT2D eigenvalue weighted by Gasteiger charge is 2.29. The van der Waals surface area contributed by atoms with Crippen LogP contribution in [0.4, 0.5) is 0 Å². The molecule has 4 nitrogen and oxygen atoms in total.